The molecule has 0 radical (unpaired) electrons. The van der Waals surface area contributed by atoms with Crippen LogP contribution >= 0.6 is 0 Å². The predicted molar refractivity (Wildman–Crippen MR) is 103 cm³/mol. The topological polar surface area (TPSA) is 102 Å². The first-order valence-corrected chi connectivity index (χ1v) is 9.05. The van der Waals surface area contributed by atoms with Gasteiger partial charge in [0, 0.05) is 31.1 Å². The summed E-state index contributed by atoms with van der Waals surface area (Å²) < 4.78 is 10.9. The number of nitrogens with zero attached hydrogens (tertiary/aromatic N) is 2. The molecule has 0 aliphatic carbocycles. The van der Waals surface area contributed by atoms with Crippen LogP contribution < -0.4 is 15.5 Å². The highest BCUT2D eigenvalue weighted by Gasteiger charge is 2.16. The maximum Gasteiger partial charge on any atom is 0.271 e. The number of hydrogen-bond donors (Lipinski definition) is 2. The largest absolute Gasteiger partial charge is 0.484 e. The molecule has 0 bridgehead atoms. The van der Waals surface area contributed by atoms with Crippen LogP contribution in [0, 0.1) is 0 Å². The monoisotopic (exact) mass is 382 g/mol. The van der Waals surface area contributed by atoms with Crippen LogP contribution in [0.2, 0.25) is 0 Å². The zero-order valence-electron chi connectivity index (χ0n) is 15.3. The highest BCUT2D eigenvalue weighted by Crippen LogP contribution is 2.12. The molecule has 28 heavy (non-hydrogen) atoms. The van der Waals surface area contributed by atoms with Crippen LogP contribution in [0.3, 0.4) is 0 Å². The quantitative estimate of drug-likeness (QED) is 0.532. The number of aromatic nitrogens is 1. The number of rotatable bonds is 8. The van der Waals surface area contributed by atoms with Crippen molar-refractivity contribution in [3.63, 3.8) is 0 Å². The van der Waals surface area contributed by atoms with Gasteiger partial charge in [-0.05, 0) is 54.8 Å². The fraction of sp³-hybridized carbons (Fsp3) is 0.300. The summed E-state index contributed by atoms with van der Waals surface area (Å²) in [7, 11) is 0. The van der Waals surface area contributed by atoms with E-state index in [1.165, 1.54) is 6.21 Å². The molecule has 0 unspecified atom stereocenters. The summed E-state index contributed by atoms with van der Waals surface area (Å²) in [5.41, 5.74) is 3.71. The molecule has 0 spiro atoms. The maximum absolute atomic E-state index is 11.9. The van der Waals surface area contributed by atoms with Gasteiger partial charge in [-0.15, -0.1) is 0 Å². The second-order valence-electron chi connectivity index (χ2n) is 6.23. The number of benzene rings is 1. The fourth-order valence-corrected chi connectivity index (χ4v) is 2.62. The molecule has 146 valence electrons. The Kier molecular flexibility index (Phi) is 7.08. The highest BCUT2D eigenvalue weighted by molar-refractivity contribution is 5.94. The first kappa shape index (κ1) is 19.5. The maximum atomic E-state index is 11.9. The molecule has 1 aromatic carbocycles. The number of ether oxygens (including phenoxy) is 2. The Bertz CT molecular complexity index is 803. The van der Waals surface area contributed by atoms with Crippen LogP contribution in [0.4, 0.5) is 0 Å². The van der Waals surface area contributed by atoms with Crippen molar-refractivity contribution in [1.29, 1.82) is 0 Å². The van der Waals surface area contributed by atoms with E-state index >= 15 is 0 Å². The van der Waals surface area contributed by atoms with Gasteiger partial charge in [0.15, 0.2) is 6.61 Å². The van der Waals surface area contributed by atoms with Gasteiger partial charge in [0.05, 0.1) is 12.3 Å². The van der Waals surface area contributed by atoms with Gasteiger partial charge in [-0.25, -0.2) is 5.43 Å². The molecule has 1 saturated heterocycles. The van der Waals surface area contributed by atoms with E-state index in [4.69, 9.17) is 9.47 Å². The Morgan fingerprint density at radius 1 is 1.21 bits per heavy atom. The second-order valence-corrected chi connectivity index (χ2v) is 6.23. The lowest BCUT2D eigenvalue weighted by Gasteiger charge is -2.11. The molecular formula is C20H22N4O4. The number of nitrogens with one attached hydrogen (secondary N) is 2. The third kappa shape index (κ3) is 6.17. The Morgan fingerprint density at radius 3 is 2.71 bits per heavy atom. The van der Waals surface area contributed by atoms with E-state index < -0.39 is 0 Å². The molecule has 1 aliphatic heterocycles. The van der Waals surface area contributed by atoms with E-state index in [-0.39, 0.29) is 24.5 Å². The lowest BCUT2D eigenvalue weighted by Crippen LogP contribution is -2.35. The van der Waals surface area contributed by atoms with E-state index in [1.807, 2.05) is 0 Å². The van der Waals surface area contributed by atoms with Crippen LogP contribution in [-0.2, 0) is 9.53 Å². The van der Waals surface area contributed by atoms with Gasteiger partial charge in [0.25, 0.3) is 11.8 Å². The first-order valence-electron chi connectivity index (χ1n) is 9.05. The molecule has 1 aliphatic rings. The van der Waals surface area contributed by atoms with Crippen molar-refractivity contribution >= 4 is 18.0 Å². The van der Waals surface area contributed by atoms with E-state index in [9.17, 15) is 9.59 Å². The van der Waals surface area contributed by atoms with Gasteiger partial charge in [-0.2, -0.15) is 5.10 Å². The smallest absolute Gasteiger partial charge is 0.271 e. The average Bonchev–Trinajstić information content (AvgIpc) is 3.26. The zero-order valence-corrected chi connectivity index (χ0v) is 15.3. The van der Waals surface area contributed by atoms with Gasteiger partial charge >= 0.3 is 0 Å². The van der Waals surface area contributed by atoms with Gasteiger partial charge in [-0.3, -0.25) is 14.6 Å². The molecule has 2 amide bonds. The Hall–Kier alpha value is -3.26. The van der Waals surface area contributed by atoms with Crippen molar-refractivity contribution in [3.8, 4) is 5.75 Å². The third-order valence-electron chi connectivity index (χ3n) is 4.12. The summed E-state index contributed by atoms with van der Waals surface area (Å²) in [5.74, 6) is 0.0813. The van der Waals surface area contributed by atoms with E-state index in [2.05, 4.69) is 20.8 Å². The van der Waals surface area contributed by atoms with Gasteiger partial charge in [0.1, 0.15) is 5.75 Å². The molecule has 2 N–H and O–H groups in total. The molecular weight excluding hydrogens is 360 g/mol. The normalized spacial score (nSPS) is 16.1. The lowest BCUT2D eigenvalue weighted by atomic mass is 10.2. The summed E-state index contributed by atoms with van der Waals surface area (Å²) in [4.78, 5) is 27.5. The molecule has 2 aromatic rings. The number of amides is 2. The molecule has 0 saturated carbocycles. The standard InChI is InChI=1S/C20H22N4O4/c25-19(22-13-18-2-1-11-27-18)14-28-17-5-3-15(4-6-17)12-23-24-20(26)16-7-9-21-10-8-16/h3-10,12,18H,1-2,11,13-14H2,(H,22,25)(H,24,26)/b23-12-/t18-/m1/s1. The molecule has 8 nitrogen and oxygen atoms in total. The van der Waals surface area contributed by atoms with Crippen LogP contribution in [0.1, 0.15) is 28.8 Å². The Balaban J connectivity index is 1.39. The summed E-state index contributed by atoms with van der Waals surface area (Å²) >= 11 is 0. The average molecular weight is 382 g/mol. The Labute approximate surface area is 163 Å². The fourth-order valence-electron chi connectivity index (χ4n) is 2.62. The molecule has 1 aromatic heterocycles. The number of hydrazone groups is 1. The molecule has 2 heterocycles. The minimum atomic E-state index is -0.312. The van der Waals surface area contributed by atoms with Gasteiger partial charge in [0.2, 0.25) is 0 Å². The van der Waals surface area contributed by atoms with Crippen molar-refractivity contribution < 1.29 is 19.1 Å². The van der Waals surface area contributed by atoms with Crippen LogP contribution in [0.25, 0.3) is 0 Å². The summed E-state index contributed by atoms with van der Waals surface area (Å²) in [6.07, 6.45) is 6.74. The van der Waals surface area contributed by atoms with Crippen molar-refractivity contribution in [2.45, 2.75) is 18.9 Å². The number of carbonyl (C=O) groups excluding carboxylic acids is 2. The molecule has 3 rings (SSSR count). The summed E-state index contributed by atoms with van der Waals surface area (Å²) in [5, 5.41) is 6.73. The first-order chi connectivity index (χ1) is 13.7. The number of hydrogen-bond acceptors (Lipinski definition) is 6. The van der Waals surface area contributed by atoms with E-state index in [0.29, 0.717) is 17.9 Å². The SMILES string of the molecule is O=C(COc1ccc(/C=N\NC(=O)c2ccncc2)cc1)NC[C@H]1CCCO1. The third-order valence-corrected chi connectivity index (χ3v) is 4.12. The molecule has 1 fully saturated rings. The van der Waals surface area contributed by atoms with Crippen LogP contribution in [-0.4, -0.2) is 48.9 Å². The molecule has 8 heteroatoms. The van der Waals surface area contributed by atoms with Gasteiger partial charge < -0.3 is 14.8 Å². The van der Waals surface area contributed by atoms with E-state index in [0.717, 1.165) is 25.0 Å². The van der Waals surface area contributed by atoms with E-state index in [1.54, 1.807) is 48.8 Å². The summed E-state index contributed by atoms with van der Waals surface area (Å²) in [6, 6.07) is 10.2. The zero-order chi connectivity index (χ0) is 19.6. The summed E-state index contributed by atoms with van der Waals surface area (Å²) in [6.45, 7) is 1.23. The minimum Gasteiger partial charge on any atom is -0.484 e. The Morgan fingerprint density at radius 2 is 2.00 bits per heavy atom. The lowest BCUT2D eigenvalue weighted by molar-refractivity contribution is -0.123. The minimum absolute atomic E-state index is 0.0534. The highest BCUT2D eigenvalue weighted by atomic mass is 16.5. The van der Waals surface area contributed by atoms with Crippen molar-refractivity contribution in [3.05, 3.63) is 59.9 Å². The van der Waals surface area contributed by atoms with Crippen molar-refractivity contribution in [2.75, 3.05) is 19.8 Å². The second kappa shape index (κ2) is 10.2. The predicted octanol–water partition coefficient (Wildman–Crippen LogP) is 1.52. The van der Waals surface area contributed by atoms with Crippen LogP contribution in [0.15, 0.2) is 53.9 Å². The van der Waals surface area contributed by atoms with Crippen molar-refractivity contribution in [2.24, 2.45) is 5.10 Å². The van der Waals surface area contributed by atoms with Crippen LogP contribution in [0.5, 0.6) is 5.75 Å². The number of carbonyl (C=O) groups is 2. The van der Waals surface area contributed by atoms with Crippen molar-refractivity contribution in [1.82, 2.24) is 15.7 Å². The molecule has 1 atom stereocenters. The van der Waals surface area contributed by atoms with Gasteiger partial charge in [-0.1, -0.05) is 0 Å². The number of pyridine rings is 1.